The van der Waals surface area contributed by atoms with Crippen molar-refractivity contribution < 1.29 is 26.3 Å². The highest BCUT2D eigenvalue weighted by Gasteiger charge is 2.34. The van der Waals surface area contributed by atoms with Gasteiger partial charge in [0.05, 0.1) is 4.90 Å². The molecule has 1 aliphatic rings. The number of ether oxygens (including phenoxy) is 1. The molecular formula is C17H14ClF3O3S. The molecule has 0 aliphatic heterocycles. The van der Waals surface area contributed by atoms with Gasteiger partial charge in [0.15, 0.2) is 0 Å². The molecule has 134 valence electrons. The van der Waals surface area contributed by atoms with E-state index in [2.05, 4.69) is 0 Å². The molecule has 0 heterocycles. The van der Waals surface area contributed by atoms with Crippen LogP contribution in [0.1, 0.15) is 30.4 Å². The number of hydrogen-bond acceptors (Lipinski definition) is 3. The summed E-state index contributed by atoms with van der Waals surface area (Å²) < 4.78 is 68.8. The first-order valence-electron chi connectivity index (χ1n) is 7.52. The molecule has 3 nitrogen and oxygen atoms in total. The van der Waals surface area contributed by atoms with Crippen molar-refractivity contribution in [2.75, 3.05) is 0 Å². The molecule has 0 saturated carbocycles. The Morgan fingerprint density at radius 1 is 1.24 bits per heavy atom. The van der Waals surface area contributed by atoms with Gasteiger partial charge in [0.1, 0.15) is 17.3 Å². The van der Waals surface area contributed by atoms with Crippen molar-refractivity contribution >= 4 is 21.4 Å². The number of rotatable bonds is 4. The van der Waals surface area contributed by atoms with Crippen LogP contribution < -0.4 is 4.74 Å². The van der Waals surface area contributed by atoms with Crippen LogP contribution in [0, 0.1) is 5.82 Å². The standard InChI is InChI=1S/C17H14ClF3O3S/c1-9-2-3-13-15(25(22,23)17(20)21)5-4-14(16(9)13)24-12-7-10(18)6-11(19)8-12/h4-9,17H,2-3H2,1H3. The number of sulfone groups is 1. The van der Waals surface area contributed by atoms with Crippen molar-refractivity contribution in [3.63, 3.8) is 0 Å². The van der Waals surface area contributed by atoms with Crippen molar-refractivity contribution in [2.24, 2.45) is 0 Å². The quantitative estimate of drug-likeness (QED) is 0.709. The molecule has 0 spiro atoms. The SMILES string of the molecule is CC1CCc2c(S(=O)(=O)C(F)F)ccc(Oc3cc(F)cc(Cl)c3)c21. The average Bonchev–Trinajstić information content (AvgIpc) is 2.88. The van der Waals surface area contributed by atoms with Gasteiger partial charge in [-0.1, -0.05) is 18.5 Å². The molecule has 0 amide bonds. The molecule has 1 unspecified atom stereocenters. The van der Waals surface area contributed by atoms with E-state index in [1.54, 1.807) is 0 Å². The summed E-state index contributed by atoms with van der Waals surface area (Å²) in [4.78, 5) is -0.369. The zero-order chi connectivity index (χ0) is 18.4. The molecule has 25 heavy (non-hydrogen) atoms. The predicted octanol–water partition coefficient (Wildman–Crippen LogP) is 5.32. The van der Waals surface area contributed by atoms with E-state index >= 15 is 0 Å². The number of fused-ring (bicyclic) bond motifs is 1. The Labute approximate surface area is 148 Å². The third-order valence-corrected chi connectivity index (χ3v) is 5.88. The molecule has 8 heteroatoms. The van der Waals surface area contributed by atoms with Crippen LogP contribution in [-0.2, 0) is 16.3 Å². The van der Waals surface area contributed by atoms with Crippen molar-refractivity contribution in [1.29, 1.82) is 0 Å². The lowest BCUT2D eigenvalue weighted by molar-refractivity contribution is 0.234. The van der Waals surface area contributed by atoms with Crippen LogP contribution >= 0.6 is 11.6 Å². The smallest absolute Gasteiger partial charge is 0.341 e. The second-order valence-corrected chi connectivity index (χ2v) is 8.23. The fraction of sp³-hybridized carbons (Fsp3) is 0.294. The Bertz CT molecular complexity index is 909. The topological polar surface area (TPSA) is 43.4 Å². The van der Waals surface area contributed by atoms with Gasteiger partial charge in [-0.05, 0) is 48.6 Å². The maximum absolute atomic E-state index is 13.5. The average molecular weight is 391 g/mol. The molecule has 0 saturated heterocycles. The van der Waals surface area contributed by atoms with Crippen LogP contribution in [0.25, 0.3) is 0 Å². The number of hydrogen-bond donors (Lipinski definition) is 0. The Hall–Kier alpha value is -1.73. The summed E-state index contributed by atoms with van der Waals surface area (Å²) in [5.74, 6) is -3.67. The van der Waals surface area contributed by atoms with E-state index in [0.29, 0.717) is 29.7 Å². The molecule has 0 N–H and O–H groups in total. The van der Waals surface area contributed by atoms with Gasteiger partial charge in [0.25, 0.3) is 0 Å². The molecule has 0 bridgehead atoms. The molecule has 0 aromatic heterocycles. The maximum Gasteiger partial charge on any atom is 0.341 e. The molecule has 1 atom stereocenters. The van der Waals surface area contributed by atoms with Gasteiger partial charge < -0.3 is 4.74 Å². The van der Waals surface area contributed by atoms with Crippen molar-refractivity contribution in [2.45, 2.75) is 36.3 Å². The van der Waals surface area contributed by atoms with Crippen LogP contribution in [0.4, 0.5) is 13.2 Å². The lowest BCUT2D eigenvalue weighted by Gasteiger charge is -2.16. The lowest BCUT2D eigenvalue weighted by atomic mass is 10.0. The summed E-state index contributed by atoms with van der Waals surface area (Å²) >= 11 is 5.80. The van der Waals surface area contributed by atoms with Crippen LogP contribution in [0.2, 0.25) is 5.02 Å². The number of benzene rings is 2. The minimum atomic E-state index is -4.70. The van der Waals surface area contributed by atoms with Crippen molar-refractivity contribution in [3.05, 3.63) is 52.3 Å². The first kappa shape index (κ1) is 18.1. The maximum atomic E-state index is 13.5. The summed E-state index contributed by atoms with van der Waals surface area (Å²) in [7, 11) is -4.70. The lowest BCUT2D eigenvalue weighted by Crippen LogP contribution is -2.14. The van der Waals surface area contributed by atoms with E-state index in [9.17, 15) is 21.6 Å². The Morgan fingerprint density at radius 3 is 2.60 bits per heavy atom. The van der Waals surface area contributed by atoms with E-state index in [0.717, 1.165) is 18.2 Å². The summed E-state index contributed by atoms with van der Waals surface area (Å²) in [5.41, 5.74) is 0.898. The Kier molecular flexibility index (Phi) is 4.72. The molecule has 0 fully saturated rings. The first-order chi connectivity index (χ1) is 11.7. The van der Waals surface area contributed by atoms with Gasteiger partial charge in [-0.3, -0.25) is 0 Å². The van der Waals surface area contributed by atoms with E-state index in [1.165, 1.54) is 12.1 Å². The molecule has 0 radical (unpaired) electrons. The van der Waals surface area contributed by atoms with E-state index in [1.807, 2.05) is 6.92 Å². The second kappa shape index (κ2) is 6.53. The first-order valence-corrected chi connectivity index (χ1v) is 9.44. The van der Waals surface area contributed by atoms with Crippen LogP contribution in [-0.4, -0.2) is 14.2 Å². The minimum Gasteiger partial charge on any atom is -0.457 e. The third kappa shape index (κ3) is 3.35. The third-order valence-electron chi connectivity index (χ3n) is 4.20. The number of halogens is 4. The fourth-order valence-electron chi connectivity index (χ4n) is 3.09. The highest BCUT2D eigenvalue weighted by molar-refractivity contribution is 7.91. The molecule has 2 aromatic carbocycles. The summed E-state index contributed by atoms with van der Waals surface area (Å²) in [6, 6.07) is 6.13. The van der Waals surface area contributed by atoms with Gasteiger partial charge in [-0.15, -0.1) is 0 Å². The molecule has 1 aliphatic carbocycles. The van der Waals surface area contributed by atoms with Gasteiger partial charge in [0.2, 0.25) is 9.84 Å². The molecule has 2 aromatic rings. The summed E-state index contributed by atoms with van der Waals surface area (Å²) in [6.45, 7) is 1.86. The van der Waals surface area contributed by atoms with Gasteiger partial charge in [0, 0.05) is 16.7 Å². The van der Waals surface area contributed by atoms with Crippen LogP contribution in [0.3, 0.4) is 0 Å². The zero-order valence-corrected chi connectivity index (χ0v) is 14.7. The monoisotopic (exact) mass is 390 g/mol. The van der Waals surface area contributed by atoms with Gasteiger partial charge in [-0.25, -0.2) is 12.8 Å². The summed E-state index contributed by atoms with van der Waals surface area (Å²) in [5, 5.41) is 0.150. The predicted molar refractivity (Wildman–Crippen MR) is 87.9 cm³/mol. The van der Waals surface area contributed by atoms with Gasteiger partial charge >= 0.3 is 5.76 Å². The van der Waals surface area contributed by atoms with Crippen LogP contribution in [0.5, 0.6) is 11.5 Å². The van der Waals surface area contributed by atoms with E-state index < -0.39 is 21.4 Å². The van der Waals surface area contributed by atoms with Crippen molar-refractivity contribution in [1.82, 2.24) is 0 Å². The highest BCUT2D eigenvalue weighted by Crippen LogP contribution is 2.44. The highest BCUT2D eigenvalue weighted by atomic mass is 35.5. The second-order valence-electron chi connectivity index (χ2n) is 5.91. The normalized spacial score (nSPS) is 17.0. The van der Waals surface area contributed by atoms with E-state index in [-0.39, 0.29) is 21.6 Å². The molecular weight excluding hydrogens is 377 g/mol. The summed E-state index contributed by atoms with van der Waals surface area (Å²) in [6.07, 6.45) is 0.976. The van der Waals surface area contributed by atoms with E-state index in [4.69, 9.17) is 16.3 Å². The zero-order valence-electron chi connectivity index (χ0n) is 13.1. The molecule has 3 rings (SSSR count). The van der Waals surface area contributed by atoms with Crippen molar-refractivity contribution in [3.8, 4) is 11.5 Å². The Morgan fingerprint density at radius 2 is 1.96 bits per heavy atom. The number of alkyl halides is 2. The van der Waals surface area contributed by atoms with Crippen LogP contribution in [0.15, 0.2) is 35.2 Å². The fourth-order valence-corrected chi connectivity index (χ4v) is 4.31. The van der Waals surface area contributed by atoms with Gasteiger partial charge in [-0.2, -0.15) is 8.78 Å². The Balaban J connectivity index is 2.10. The largest absolute Gasteiger partial charge is 0.457 e. The minimum absolute atomic E-state index is 0.0677.